The van der Waals surface area contributed by atoms with Gasteiger partial charge in [-0.3, -0.25) is 9.59 Å². The highest BCUT2D eigenvalue weighted by atomic mass is 32.1. The van der Waals surface area contributed by atoms with Crippen LogP contribution in [0.5, 0.6) is 0 Å². The van der Waals surface area contributed by atoms with Crippen LogP contribution in [0, 0.1) is 5.41 Å². The number of amides is 1. The van der Waals surface area contributed by atoms with Crippen LogP contribution in [0.3, 0.4) is 0 Å². The molecule has 0 aromatic heterocycles. The average molecular weight is 302 g/mol. The molecular weight excluding hydrogens is 276 g/mol. The second-order valence-corrected chi connectivity index (χ2v) is 7.63. The van der Waals surface area contributed by atoms with Crippen molar-refractivity contribution in [1.29, 1.82) is 0 Å². The van der Waals surface area contributed by atoms with Gasteiger partial charge in [0.15, 0.2) is 0 Å². The maximum Gasteiger partial charge on any atom is 0.303 e. The van der Waals surface area contributed by atoms with E-state index in [0.29, 0.717) is 6.54 Å². The Bertz CT molecular complexity index is 360. The average Bonchev–Trinajstić information content (AvgIpc) is 2.34. The van der Waals surface area contributed by atoms with Crippen LogP contribution in [0.4, 0.5) is 0 Å². The van der Waals surface area contributed by atoms with Gasteiger partial charge in [-0.2, -0.15) is 12.6 Å². The minimum atomic E-state index is -0.806. The first kappa shape index (κ1) is 17.3. The molecule has 0 unspecified atom stereocenters. The largest absolute Gasteiger partial charge is 0.481 e. The maximum absolute atomic E-state index is 12.0. The Hall–Kier alpha value is -0.750. The zero-order chi connectivity index (χ0) is 15.4. The van der Waals surface area contributed by atoms with Crippen molar-refractivity contribution in [3.05, 3.63) is 0 Å². The third-order valence-corrected chi connectivity index (χ3v) is 4.40. The van der Waals surface area contributed by atoms with Crippen molar-refractivity contribution in [2.75, 3.05) is 6.54 Å². The number of carboxylic acids is 1. The summed E-state index contributed by atoms with van der Waals surface area (Å²) in [6.07, 6.45) is 4.98. The first-order valence-corrected chi connectivity index (χ1v) is 7.58. The highest BCUT2D eigenvalue weighted by Gasteiger charge is 2.36. The van der Waals surface area contributed by atoms with Crippen molar-refractivity contribution in [3.8, 4) is 0 Å². The summed E-state index contributed by atoms with van der Waals surface area (Å²) in [5.41, 5.74) is 5.53. The first-order valence-electron chi connectivity index (χ1n) is 7.14. The summed E-state index contributed by atoms with van der Waals surface area (Å²) in [7, 11) is 0. The quantitative estimate of drug-likeness (QED) is 0.560. The van der Waals surface area contributed by atoms with Crippen LogP contribution in [0.25, 0.3) is 0 Å². The Morgan fingerprint density at radius 2 is 1.90 bits per heavy atom. The third kappa shape index (κ3) is 4.98. The second kappa shape index (κ2) is 6.80. The van der Waals surface area contributed by atoms with Gasteiger partial charge in [0.25, 0.3) is 0 Å². The lowest BCUT2D eigenvalue weighted by Crippen LogP contribution is -2.53. The molecule has 20 heavy (non-hydrogen) atoms. The molecule has 4 N–H and O–H groups in total. The van der Waals surface area contributed by atoms with E-state index < -0.39 is 16.8 Å². The van der Waals surface area contributed by atoms with Crippen molar-refractivity contribution in [2.45, 2.75) is 63.2 Å². The molecule has 1 saturated carbocycles. The van der Waals surface area contributed by atoms with Gasteiger partial charge in [0.2, 0.25) is 5.91 Å². The Balaban J connectivity index is 2.63. The molecule has 0 radical (unpaired) electrons. The molecule has 1 rings (SSSR count). The lowest BCUT2D eigenvalue weighted by molar-refractivity contribution is -0.140. The van der Waals surface area contributed by atoms with E-state index in [9.17, 15) is 9.59 Å². The normalized spacial score (nSPS) is 20.2. The number of nitrogens with one attached hydrogen (secondary N) is 1. The van der Waals surface area contributed by atoms with E-state index >= 15 is 0 Å². The van der Waals surface area contributed by atoms with Gasteiger partial charge < -0.3 is 16.2 Å². The number of aliphatic carboxylic acids is 1. The molecule has 0 spiro atoms. The molecule has 1 aliphatic carbocycles. The zero-order valence-electron chi connectivity index (χ0n) is 12.3. The van der Waals surface area contributed by atoms with Crippen molar-refractivity contribution >= 4 is 24.5 Å². The minimum absolute atomic E-state index is 0.104. The molecule has 0 aromatic carbocycles. The summed E-state index contributed by atoms with van der Waals surface area (Å²) in [5, 5.41) is 11.9. The number of thiol groups is 1. The number of hydrogen-bond donors (Lipinski definition) is 4. The highest BCUT2D eigenvalue weighted by molar-refractivity contribution is 7.81. The molecule has 0 heterocycles. The number of carbonyl (C=O) groups is 2. The van der Waals surface area contributed by atoms with E-state index in [1.807, 2.05) is 0 Å². The molecule has 1 atom stereocenters. The van der Waals surface area contributed by atoms with Crippen LogP contribution in [-0.4, -0.2) is 34.3 Å². The fourth-order valence-electron chi connectivity index (χ4n) is 2.74. The van der Waals surface area contributed by atoms with Crippen molar-refractivity contribution in [3.63, 3.8) is 0 Å². The van der Waals surface area contributed by atoms with E-state index in [4.69, 9.17) is 10.8 Å². The summed E-state index contributed by atoms with van der Waals surface area (Å²) in [5.74, 6) is -1.07. The van der Waals surface area contributed by atoms with Gasteiger partial charge >= 0.3 is 5.97 Å². The fourth-order valence-corrected chi connectivity index (χ4v) is 2.86. The van der Waals surface area contributed by atoms with Gasteiger partial charge in [-0.25, -0.2) is 0 Å². The highest BCUT2D eigenvalue weighted by Crippen LogP contribution is 2.38. The number of nitrogens with two attached hydrogens (primary N) is 1. The van der Waals surface area contributed by atoms with E-state index in [2.05, 4.69) is 17.9 Å². The van der Waals surface area contributed by atoms with Crippen molar-refractivity contribution in [2.24, 2.45) is 11.1 Å². The molecule has 6 heteroatoms. The summed E-state index contributed by atoms with van der Waals surface area (Å²) in [6.45, 7) is 3.96. The van der Waals surface area contributed by atoms with E-state index in [0.717, 1.165) is 32.1 Å². The molecular formula is C14H26N2O3S. The Morgan fingerprint density at radius 1 is 1.35 bits per heavy atom. The maximum atomic E-state index is 12.0. The summed E-state index contributed by atoms with van der Waals surface area (Å²) in [6, 6.07) is -0.712. The minimum Gasteiger partial charge on any atom is -0.481 e. The fraction of sp³-hybridized carbons (Fsp3) is 0.857. The van der Waals surface area contributed by atoms with Crippen LogP contribution in [0.15, 0.2) is 0 Å². The number of rotatable bonds is 6. The van der Waals surface area contributed by atoms with Crippen molar-refractivity contribution < 1.29 is 14.7 Å². The van der Waals surface area contributed by atoms with Gasteiger partial charge in [0.05, 0.1) is 12.5 Å². The molecule has 1 amide bonds. The Labute approximate surface area is 126 Å². The van der Waals surface area contributed by atoms with E-state index in [1.54, 1.807) is 13.8 Å². The SMILES string of the molecule is CC(C)(S)[C@@H](N)C(=O)NCC1(CC(=O)O)CCCCC1. The number of hydrogen-bond acceptors (Lipinski definition) is 4. The first-order chi connectivity index (χ1) is 9.16. The molecule has 0 bridgehead atoms. The number of carbonyl (C=O) groups excluding carboxylic acids is 1. The standard InChI is InChI=1S/C14H26N2O3S/c1-13(2,20)11(15)12(19)16-9-14(8-10(17)18)6-4-3-5-7-14/h11,20H,3-9,15H2,1-2H3,(H,16,19)(H,17,18)/t11-/m0/s1. The van der Waals surface area contributed by atoms with E-state index in [-0.39, 0.29) is 17.7 Å². The summed E-state index contributed by atoms with van der Waals surface area (Å²) < 4.78 is -0.601. The lowest BCUT2D eigenvalue weighted by Gasteiger charge is -2.37. The van der Waals surface area contributed by atoms with Crippen molar-refractivity contribution in [1.82, 2.24) is 5.32 Å². The van der Waals surface area contributed by atoms with E-state index in [1.165, 1.54) is 0 Å². The predicted molar refractivity (Wildman–Crippen MR) is 81.8 cm³/mol. The number of carboxylic acid groups (broad SMARTS) is 1. The van der Waals surface area contributed by atoms with Crippen LogP contribution in [-0.2, 0) is 9.59 Å². The van der Waals surface area contributed by atoms with Gasteiger partial charge in [0.1, 0.15) is 0 Å². The molecule has 5 nitrogen and oxygen atoms in total. The monoisotopic (exact) mass is 302 g/mol. The predicted octanol–water partition coefficient (Wildman–Crippen LogP) is 1.56. The molecule has 0 saturated heterocycles. The lowest BCUT2D eigenvalue weighted by atomic mass is 9.71. The summed E-state index contributed by atoms with van der Waals surface area (Å²) >= 11 is 4.31. The van der Waals surface area contributed by atoms with Gasteiger partial charge in [0, 0.05) is 11.3 Å². The van der Waals surface area contributed by atoms with Crippen LogP contribution in [0.1, 0.15) is 52.4 Å². The van der Waals surface area contributed by atoms with Gasteiger partial charge in [-0.05, 0) is 32.1 Å². The van der Waals surface area contributed by atoms with Gasteiger partial charge in [-0.1, -0.05) is 19.3 Å². The Kier molecular flexibility index (Phi) is 5.89. The van der Waals surface area contributed by atoms with Crippen LogP contribution >= 0.6 is 12.6 Å². The van der Waals surface area contributed by atoms with Gasteiger partial charge in [-0.15, -0.1) is 0 Å². The molecule has 1 fully saturated rings. The molecule has 0 aliphatic heterocycles. The van der Waals surface area contributed by atoms with Crippen LogP contribution in [0.2, 0.25) is 0 Å². The Morgan fingerprint density at radius 3 is 2.35 bits per heavy atom. The zero-order valence-corrected chi connectivity index (χ0v) is 13.2. The molecule has 116 valence electrons. The smallest absolute Gasteiger partial charge is 0.303 e. The topological polar surface area (TPSA) is 92.4 Å². The van der Waals surface area contributed by atoms with Crippen LogP contribution < -0.4 is 11.1 Å². The molecule has 1 aliphatic rings. The molecule has 0 aromatic rings. The summed E-state index contributed by atoms with van der Waals surface area (Å²) in [4.78, 5) is 23.1. The third-order valence-electron chi connectivity index (χ3n) is 4.12. The second-order valence-electron chi connectivity index (χ2n) is 6.48.